The van der Waals surface area contributed by atoms with E-state index in [1.165, 1.54) is 19.1 Å². The highest BCUT2D eigenvalue weighted by Gasteiger charge is 2.30. The highest BCUT2D eigenvalue weighted by atomic mass is 16.5. The lowest BCUT2D eigenvalue weighted by molar-refractivity contribution is -0.137. The van der Waals surface area contributed by atoms with Crippen LogP contribution in [0, 0.1) is 25.7 Å². The van der Waals surface area contributed by atoms with E-state index in [4.69, 9.17) is 9.72 Å². The molecule has 0 radical (unpaired) electrons. The molecule has 394 valence electrons. The molecule has 0 bridgehead atoms. The molecule has 1 aliphatic heterocycles. The molecule has 0 saturated heterocycles. The summed E-state index contributed by atoms with van der Waals surface area (Å²) in [6.07, 6.45) is 22.9. The number of benzene rings is 3. The van der Waals surface area contributed by atoms with Crippen molar-refractivity contribution in [3.8, 4) is 53.8 Å². The maximum Gasteiger partial charge on any atom is 0.407 e. The molecule has 2 atom stereocenters. The van der Waals surface area contributed by atoms with Crippen molar-refractivity contribution in [3.63, 3.8) is 0 Å². The summed E-state index contributed by atoms with van der Waals surface area (Å²) in [6.45, 7) is 19.7. The maximum atomic E-state index is 14.1. The number of allylic oxidation sites excluding steroid dienone is 2. The molecule has 2 aliphatic rings. The van der Waals surface area contributed by atoms with E-state index in [0.29, 0.717) is 32.1 Å². The Kier molecular flexibility index (Phi) is 27.6. The summed E-state index contributed by atoms with van der Waals surface area (Å²) < 4.78 is 15.4. The lowest BCUT2D eigenvalue weighted by atomic mass is 9.86. The average molecular weight is 1000 g/mol. The largest absolute Gasteiger partial charge is 0.488 e. The molecule has 1 aliphatic carbocycles. The zero-order valence-corrected chi connectivity index (χ0v) is 45.5. The number of methoxy groups -OCH3 is 2. The van der Waals surface area contributed by atoms with Gasteiger partial charge in [0.1, 0.15) is 30.8 Å². The minimum Gasteiger partial charge on any atom is -0.488 e. The molecule has 6 rings (SSSR count). The first-order valence-corrected chi connectivity index (χ1v) is 25.2. The quantitative estimate of drug-likeness (QED) is 0.0710. The third kappa shape index (κ3) is 17.2. The number of carbonyl (C=O) groups excluding carboxylic acids is 4. The van der Waals surface area contributed by atoms with Crippen LogP contribution in [-0.2, 0) is 49.9 Å². The Hall–Kier alpha value is -7.29. The highest BCUT2D eigenvalue weighted by Crippen LogP contribution is 2.44. The summed E-state index contributed by atoms with van der Waals surface area (Å²) in [5, 5.41) is 9.16. The van der Waals surface area contributed by atoms with Crippen molar-refractivity contribution < 1.29 is 33.4 Å². The van der Waals surface area contributed by atoms with Crippen molar-refractivity contribution in [3.05, 3.63) is 112 Å². The average Bonchev–Trinajstić information content (AvgIpc) is 3.85. The number of H-pyrrole nitrogens is 1. The van der Waals surface area contributed by atoms with Crippen LogP contribution in [0.25, 0.3) is 28.1 Å². The molecule has 0 spiro atoms. The number of aromatic amines is 1. The Balaban J connectivity index is 0.00000170. The van der Waals surface area contributed by atoms with Gasteiger partial charge in [0.2, 0.25) is 17.7 Å². The van der Waals surface area contributed by atoms with E-state index in [1.54, 1.807) is 30.9 Å². The van der Waals surface area contributed by atoms with Crippen molar-refractivity contribution in [1.82, 2.24) is 35.7 Å². The molecular weight excluding hydrogens is 919 g/mol. The zero-order valence-electron chi connectivity index (χ0n) is 45.5. The van der Waals surface area contributed by atoms with E-state index >= 15 is 0 Å². The fourth-order valence-corrected chi connectivity index (χ4v) is 8.15. The van der Waals surface area contributed by atoms with Crippen LogP contribution in [0.1, 0.15) is 134 Å². The molecule has 4 aromatic rings. The van der Waals surface area contributed by atoms with Gasteiger partial charge in [0.25, 0.3) is 0 Å². The predicted octanol–water partition coefficient (Wildman–Crippen LogP) is 10.5. The normalized spacial score (nSPS) is 12.6. The lowest BCUT2D eigenvalue weighted by Gasteiger charge is -2.31. The topological polar surface area (TPSA) is 167 Å². The molecule has 1 aromatic heterocycles. The van der Waals surface area contributed by atoms with Crippen molar-refractivity contribution in [1.29, 1.82) is 0 Å². The first-order valence-electron chi connectivity index (χ1n) is 25.2. The Morgan fingerprint density at radius 3 is 2.14 bits per heavy atom. The number of alkyl carbamates (subject to hydrolysis) is 1. The van der Waals surface area contributed by atoms with Gasteiger partial charge >= 0.3 is 6.09 Å². The second-order valence-electron chi connectivity index (χ2n) is 17.4. The van der Waals surface area contributed by atoms with Gasteiger partial charge in [-0.3, -0.25) is 14.4 Å². The van der Waals surface area contributed by atoms with Crippen molar-refractivity contribution in [2.45, 2.75) is 132 Å². The molecule has 0 unspecified atom stereocenters. The Bertz CT molecular complexity index is 2500. The highest BCUT2D eigenvalue weighted by molar-refractivity contribution is 5.89. The van der Waals surface area contributed by atoms with Gasteiger partial charge in [0.05, 0.1) is 25.9 Å². The molecule has 73 heavy (non-hydrogen) atoms. The van der Waals surface area contributed by atoms with Gasteiger partial charge in [-0.05, 0) is 98.9 Å². The molecule has 0 fully saturated rings. The number of ether oxygens (including phenoxy) is 3. The summed E-state index contributed by atoms with van der Waals surface area (Å²) in [5.41, 5.74) is 12.1. The molecule has 0 saturated carbocycles. The monoisotopic (exact) mass is 1000 g/mol. The first-order chi connectivity index (χ1) is 35.2. The second kappa shape index (κ2) is 32.6. The van der Waals surface area contributed by atoms with E-state index in [-0.39, 0.29) is 36.7 Å². The molecule has 4 amide bonds. The predicted molar refractivity (Wildman–Crippen MR) is 295 cm³/mol. The Labute approximate surface area is 436 Å². The van der Waals surface area contributed by atoms with E-state index in [1.807, 2.05) is 64.1 Å². The van der Waals surface area contributed by atoms with E-state index < -0.39 is 12.1 Å². The van der Waals surface area contributed by atoms with Crippen LogP contribution < -0.4 is 20.7 Å². The summed E-state index contributed by atoms with van der Waals surface area (Å²) >= 11 is 0. The fourth-order valence-electron chi connectivity index (χ4n) is 8.15. The number of rotatable bonds is 18. The summed E-state index contributed by atoms with van der Waals surface area (Å²) in [6, 6.07) is 19.4. The van der Waals surface area contributed by atoms with Gasteiger partial charge in [0, 0.05) is 61.4 Å². The summed E-state index contributed by atoms with van der Waals surface area (Å²) in [4.78, 5) is 64.0. The number of imidazole rings is 1. The third-order valence-electron chi connectivity index (χ3n) is 12.1. The number of aromatic nitrogens is 2. The number of amides is 4. The maximum absolute atomic E-state index is 14.1. The number of hydrogen-bond acceptors (Lipinski definition) is 9. The van der Waals surface area contributed by atoms with Crippen molar-refractivity contribution in [2.24, 2.45) is 0 Å². The van der Waals surface area contributed by atoms with Crippen molar-refractivity contribution in [2.75, 3.05) is 41.0 Å². The van der Waals surface area contributed by atoms with Crippen LogP contribution in [0.15, 0.2) is 78.0 Å². The van der Waals surface area contributed by atoms with Crippen LogP contribution in [0.3, 0.4) is 0 Å². The first kappa shape index (κ1) is 61.8. The van der Waals surface area contributed by atoms with E-state index in [9.17, 15) is 19.2 Å². The van der Waals surface area contributed by atoms with E-state index in [0.717, 1.165) is 99.6 Å². The third-order valence-corrected chi connectivity index (χ3v) is 12.1. The molecule has 14 heteroatoms. The fraction of sp³-hybridized carbons (Fsp3) is 0.441. The summed E-state index contributed by atoms with van der Waals surface area (Å²) in [5.74, 6) is 0.973. The number of fused-ring (bicyclic) bond motifs is 6. The van der Waals surface area contributed by atoms with Crippen LogP contribution in [0.4, 0.5) is 4.79 Å². The number of nitrogens with one attached hydrogen (secondary N) is 4. The zero-order chi connectivity index (χ0) is 54.6. The molecule has 3 aromatic carbocycles. The summed E-state index contributed by atoms with van der Waals surface area (Å²) in [7, 11) is 4.53. The van der Waals surface area contributed by atoms with Crippen LogP contribution >= 0.6 is 0 Å². The van der Waals surface area contributed by atoms with Gasteiger partial charge in [-0.25, -0.2) is 9.78 Å². The second-order valence-corrected chi connectivity index (χ2v) is 17.4. The molecule has 14 nitrogen and oxygen atoms in total. The number of aryl methyl sites for hydroxylation is 2. The van der Waals surface area contributed by atoms with Gasteiger partial charge in [-0.2, -0.15) is 0 Å². The number of terminal acetylenes is 2. The number of carbonyl (C=O) groups is 4. The van der Waals surface area contributed by atoms with Gasteiger partial charge in [-0.1, -0.05) is 102 Å². The minimum absolute atomic E-state index is 0.0483. The van der Waals surface area contributed by atoms with E-state index in [2.05, 4.69) is 114 Å². The van der Waals surface area contributed by atoms with Crippen LogP contribution in [-0.4, -0.2) is 90.6 Å². The van der Waals surface area contributed by atoms with Gasteiger partial charge in [0.15, 0.2) is 0 Å². The standard InChI is InChI=1S/C50H63N7O6.C3H8.C2H6O.2C2H2/c1-9-23-56(49(60)47(55-45(58)13-5)33-17-15-14-16-18-33)29-44-53-41-22-20-34-25-39-37-21-19-35(24-36(37)30-63-43(39)26-38(34)48(41)54-44)40(12-4)52-42(31(6)10-2)28-57(32(7)11-3)46(59)27-51-50(61)62-8;2*1-3-2;2*1-2/h12,14-19,21,24-26,32,47,52H,9-11,13,20,22-23,27-30H2,1-8H3,(H,51,61)(H,53,54)(H,55,58);3H2,1-2H3;1-2H3;2*1-2H/b40-12-,42-31+;;;;/t32-,47+;;;;/m0..../s1. The molecular formula is C59H81N7O7. The number of nitrogens with zero attached hydrogens (tertiary/aromatic N) is 3. The SMILES string of the molecule is C#C.C#C.C/C=C(\N/C(CN(C(=O)CNC(=O)OC)[C@@H](C)CC)=C(\C)CC)c1ccc2c(c1)COc1cc3c(cc1-2)CCc1[nH]c(CN(CCC)C(=O)[C@H](NC(=O)CC)c2ccccc2)nc1-3.CCC.COC. The Morgan fingerprint density at radius 1 is 0.877 bits per heavy atom. The smallest absolute Gasteiger partial charge is 0.407 e. The molecule has 4 N–H and O–H groups in total. The minimum atomic E-state index is -0.787. The van der Waals surface area contributed by atoms with Crippen LogP contribution in [0.5, 0.6) is 5.75 Å². The molecule has 2 heterocycles. The Morgan fingerprint density at radius 2 is 1.55 bits per heavy atom. The van der Waals surface area contributed by atoms with Gasteiger partial charge < -0.3 is 44.9 Å². The van der Waals surface area contributed by atoms with Gasteiger partial charge in [-0.15, -0.1) is 25.7 Å². The van der Waals surface area contributed by atoms with Crippen molar-refractivity contribution >= 4 is 29.5 Å². The lowest BCUT2D eigenvalue weighted by Crippen LogP contribution is -2.46. The van der Waals surface area contributed by atoms with Crippen LogP contribution in [0.2, 0.25) is 0 Å². The number of hydrogen-bond donors (Lipinski definition) is 4.